The first kappa shape index (κ1) is 16.5. The van der Waals surface area contributed by atoms with Crippen LogP contribution < -0.4 is 10.1 Å². The molecule has 0 atom stereocenters. The molecule has 1 N–H and O–H groups in total. The first-order valence-corrected chi connectivity index (χ1v) is 7.33. The van der Waals surface area contributed by atoms with Crippen molar-refractivity contribution in [2.24, 2.45) is 0 Å². The Bertz CT molecular complexity index is 638. The summed E-state index contributed by atoms with van der Waals surface area (Å²) in [6, 6.07) is 16.3. The van der Waals surface area contributed by atoms with Crippen LogP contribution in [0.3, 0.4) is 0 Å². The molecule has 0 aliphatic carbocycles. The number of nitrogens with one attached hydrogen (secondary N) is 1. The molecule has 0 aromatic heterocycles. The molecule has 2 aromatic carbocycles. The van der Waals surface area contributed by atoms with Gasteiger partial charge in [-0.3, -0.25) is 4.79 Å². The van der Waals surface area contributed by atoms with Crippen LogP contribution in [0.4, 0.5) is 0 Å². The molecular weight excluding hydrogens is 294 g/mol. The van der Waals surface area contributed by atoms with E-state index in [1.807, 2.05) is 49.4 Å². The topological polar surface area (TPSA) is 64.6 Å². The average molecular weight is 313 g/mol. The molecule has 1 amide bonds. The highest BCUT2D eigenvalue weighted by Gasteiger charge is 2.09. The zero-order valence-electron chi connectivity index (χ0n) is 13.0. The van der Waals surface area contributed by atoms with Crippen molar-refractivity contribution in [3.8, 4) is 5.75 Å². The lowest BCUT2D eigenvalue weighted by Gasteiger charge is -2.08. The van der Waals surface area contributed by atoms with Gasteiger partial charge in [-0.2, -0.15) is 0 Å². The maximum Gasteiger partial charge on any atom is 0.338 e. The number of esters is 1. The minimum atomic E-state index is -0.513. The largest absolute Gasteiger partial charge is 0.492 e. The highest BCUT2D eigenvalue weighted by atomic mass is 16.5. The zero-order valence-corrected chi connectivity index (χ0v) is 13.0. The van der Waals surface area contributed by atoms with Crippen LogP contribution in [0.1, 0.15) is 15.9 Å². The standard InChI is InChI=1S/C18H19NO4/c1-14-7-9-15(10-8-14)18(21)23-13-17(20)19-11-12-22-16-5-3-2-4-6-16/h2-10H,11-13H2,1H3,(H,19,20). The third-order valence-electron chi connectivity index (χ3n) is 3.06. The van der Waals surface area contributed by atoms with Crippen molar-refractivity contribution >= 4 is 11.9 Å². The second-order valence-electron chi connectivity index (χ2n) is 4.95. The normalized spacial score (nSPS) is 9.96. The van der Waals surface area contributed by atoms with Gasteiger partial charge in [0.05, 0.1) is 12.1 Å². The second-order valence-corrected chi connectivity index (χ2v) is 4.95. The molecule has 0 heterocycles. The maximum absolute atomic E-state index is 11.7. The van der Waals surface area contributed by atoms with Gasteiger partial charge in [0.2, 0.25) is 0 Å². The van der Waals surface area contributed by atoms with E-state index in [1.165, 1.54) is 0 Å². The van der Waals surface area contributed by atoms with Crippen molar-refractivity contribution in [1.82, 2.24) is 5.32 Å². The molecule has 0 spiro atoms. The van der Waals surface area contributed by atoms with E-state index in [4.69, 9.17) is 9.47 Å². The third kappa shape index (κ3) is 5.82. The average Bonchev–Trinajstić information content (AvgIpc) is 2.58. The number of ether oxygens (including phenoxy) is 2. The molecule has 0 aliphatic heterocycles. The Kier molecular flexibility index (Phi) is 6.17. The van der Waals surface area contributed by atoms with Crippen LogP contribution in [0.5, 0.6) is 5.75 Å². The lowest BCUT2D eigenvalue weighted by molar-refractivity contribution is -0.124. The van der Waals surface area contributed by atoms with Crippen molar-refractivity contribution in [3.63, 3.8) is 0 Å². The number of hydrogen-bond donors (Lipinski definition) is 1. The van der Waals surface area contributed by atoms with Crippen molar-refractivity contribution in [2.75, 3.05) is 19.8 Å². The minimum absolute atomic E-state index is 0.307. The fourth-order valence-corrected chi connectivity index (χ4v) is 1.83. The molecule has 2 rings (SSSR count). The van der Waals surface area contributed by atoms with Gasteiger partial charge in [-0.05, 0) is 31.2 Å². The van der Waals surface area contributed by atoms with Gasteiger partial charge in [-0.1, -0.05) is 35.9 Å². The highest BCUT2D eigenvalue weighted by Crippen LogP contribution is 2.07. The molecule has 23 heavy (non-hydrogen) atoms. The SMILES string of the molecule is Cc1ccc(C(=O)OCC(=O)NCCOc2ccccc2)cc1. The number of carbonyl (C=O) groups excluding carboxylic acids is 2. The van der Waals surface area contributed by atoms with Crippen LogP contribution in [0.2, 0.25) is 0 Å². The van der Waals surface area contributed by atoms with E-state index in [0.29, 0.717) is 18.7 Å². The van der Waals surface area contributed by atoms with E-state index in [2.05, 4.69) is 5.32 Å². The molecule has 0 saturated carbocycles. The maximum atomic E-state index is 11.7. The summed E-state index contributed by atoms with van der Waals surface area (Å²) in [5.74, 6) is -0.129. The summed E-state index contributed by atoms with van der Waals surface area (Å²) in [4.78, 5) is 23.3. The summed E-state index contributed by atoms with van der Waals surface area (Å²) in [7, 11) is 0. The first-order chi connectivity index (χ1) is 11.1. The van der Waals surface area contributed by atoms with Gasteiger partial charge in [-0.15, -0.1) is 0 Å². The van der Waals surface area contributed by atoms with Crippen LogP contribution in [-0.2, 0) is 9.53 Å². The fraction of sp³-hybridized carbons (Fsp3) is 0.222. The minimum Gasteiger partial charge on any atom is -0.492 e. The molecule has 0 aliphatic rings. The predicted octanol–water partition coefficient (Wildman–Crippen LogP) is 2.35. The third-order valence-corrected chi connectivity index (χ3v) is 3.06. The molecule has 120 valence electrons. The molecule has 5 nitrogen and oxygen atoms in total. The Balaban J connectivity index is 1.63. The molecule has 2 aromatic rings. The van der Waals surface area contributed by atoms with Gasteiger partial charge in [-0.25, -0.2) is 4.79 Å². The molecule has 5 heteroatoms. The summed E-state index contributed by atoms with van der Waals surface area (Å²) < 4.78 is 10.4. The van der Waals surface area contributed by atoms with E-state index in [0.717, 1.165) is 11.3 Å². The second kappa shape index (κ2) is 8.58. The quantitative estimate of drug-likeness (QED) is 0.629. The summed E-state index contributed by atoms with van der Waals surface area (Å²) in [5, 5.41) is 2.63. The smallest absolute Gasteiger partial charge is 0.338 e. The van der Waals surface area contributed by atoms with Gasteiger partial charge in [0.15, 0.2) is 6.61 Å². The van der Waals surface area contributed by atoms with Gasteiger partial charge in [0, 0.05) is 0 Å². The number of rotatable bonds is 7. The van der Waals surface area contributed by atoms with Crippen LogP contribution in [0.25, 0.3) is 0 Å². The van der Waals surface area contributed by atoms with E-state index >= 15 is 0 Å². The lowest BCUT2D eigenvalue weighted by atomic mass is 10.1. The number of aryl methyl sites for hydroxylation is 1. The molecule has 0 fully saturated rings. The Hall–Kier alpha value is -2.82. The first-order valence-electron chi connectivity index (χ1n) is 7.33. The Morgan fingerprint density at radius 1 is 1.00 bits per heavy atom. The monoisotopic (exact) mass is 313 g/mol. The van der Waals surface area contributed by atoms with Gasteiger partial charge in [0.1, 0.15) is 12.4 Å². The summed E-state index contributed by atoms with van der Waals surface area (Å²) in [6.45, 7) is 2.32. The predicted molar refractivity (Wildman–Crippen MR) is 86.4 cm³/mol. The van der Waals surface area contributed by atoms with E-state index in [9.17, 15) is 9.59 Å². The van der Waals surface area contributed by atoms with Gasteiger partial charge in [0.25, 0.3) is 5.91 Å². The van der Waals surface area contributed by atoms with Gasteiger partial charge < -0.3 is 14.8 Å². The van der Waals surface area contributed by atoms with Crippen molar-refractivity contribution in [2.45, 2.75) is 6.92 Å². The Labute approximate surface area is 135 Å². The number of para-hydroxylation sites is 1. The number of benzene rings is 2. The van der Waals surface area contributed by atoms with Crippen LogP contribution in [0, 0.1) is 6.92 Å². The van der Waals surface area contributed by atoms with Crippen molar-refractivity contribution < 1.29 is 19.1 Å². The molecule has 0 saturated heterocycles. The summed E-state index contributed by atoms with van der Waals surface area (Å²) in [6.07, 6.45) is 0. The Morgan fingerprint density at radius 3 is 2.39 bits per heavy atom. The van der Waals surface area contributed by atoms with Crippen LogP contribution >= 0.6 is 0 Å². The molecule has 0 unspecified atom stereocenters. The number of amides is 1. The van der Waals surface area contributed by atoms with E-state index in [1.54, 1.807) is 12.1 Å². The lowest BCUT2D eigenvalue weighted by Crippen LogP contribution is -2.32. The summed E-state index contributed by atoms with van der Waals surface area (Å²) in [5.41, 5.74) is 1.48. The summed E-state index contributed by atoms with van der Waals surface area (Å²) >= 11 is 0. The highest BCUT2D eigenvalue weighted by molar-refractivity contribution is 5.91. The fourth-order valence-electron chi connectivity index (χ4n) is 1.83. The van der Waals surface area contributed by atoms with E-state index in [-0.39, 0.29) is 12.5 Å². The Morgan fingerprint density at radius 2 is 1.70 bits per heavy atom. The van der Waals surface area contributed by atoms with E-state index < -0.39 is 5.97 Å². The van der Waals surface area contributed by atoms with Gasteiger partial charge >= 0.3 is 5.97 Å². The van der Waals surface area contributed by atoms with Crippen LogP contribution in [-0.4, -0.2) is 31.6 Å². The zero-order chi connectivity index (χ0) is 16.5. The molecule has 0 radical (unpaired) electrons. The number of carbonyl (C=O) groups is 2. The molecule has 0 bridgehead atoms. The molecular formula is C18H19NO4. The number of hydrogen-bond acceptors (Lipinski definition) is 4. The van der Waals surface area contributed by atoms with Crippen molar-refractivity contribution in [1.29, 1.82) is 0 Å². The van der Waals surface area contributed by atoms with Crippen LogP contribution in [0.15, 0.2) is 54.6 Å². The van der Waals surface area contributed by atoms with Crippen molar-refractivity contribution in [3.05, 3.63) is 65.7 Å².